The van der Waals surface area contributed by atoms with Gasteiger partial charge in [-0.25, -0.2) is 0 Å². The standard InChI is InChI=1S/C12H18N2Si/c1-15(2,11-7-3-5-9-13)12-8-4-6-10-14-12/h4,6,8,10H,3,5,7,11H2,1-2H3. The van der Waals surface area contributed by atoms with Crippen molar-refractivity contribution in [3.05, 3.63) is 24.4 Å². The molecule has 0 aliphatic heterocycles. The fourth-order valence-corrected chi connectivity index (χ4v) is 4.02. The van der Waals surface area contributed by atoms with Crippen molar-refractivity contribution in [2.45, 2.75) is 38.4 Å². The van der Waals surface area contributed by atoms with E-state index in [4.69, 9.17) is 5.26 Å². The molecular weight excluding hydrogens is 200 g/mol. The Hall–Kier alpha value is -1.14. The first kappa shape index (κ1) is 11.9. The summed E-state index contributed by atoms with van der Waals surface area (Å²) >= 11 is 0. The molecule has 0 saturated heterocycles. The van der Waals surface area contributed by atoms with E-state index in [1.165, 1.54) is 11.4 Å². The second-order valence-corrected chi connectivity index (χ2v) is 9.24. The van der Waals surface area contributed by atoms with Crippen molar-refractivity contribution in [1.82, 2.24) is 4.98 Å². The van der Waals surface area contributed by atoms with Crippen LogP contribution < -0.4 is 5.32 Å². The number of nitrogens with zero attached hydrogens (tertiary/aromatic N) is 2. The molecule has 1 aromatic rings. The fourth-order valence-electron chi connectivity index (χ4n) is 1.66. The Bertz CT molecular complexity index is 327. The van der Waals surface area contributed by atoms with E-state index in [0.717, 1.165) is 12.8 Å². The van der Waals surface area contributed by atoms with E-state index in [2.05, 4.69) is 36.3 Å². The summed E-state index contributed by atoms with van der Waals surface area (Å²) in [5.74, 6) is 0. The van der Waals surface area contributed by atoms with Gasteiger partial charge in [0.2, 0.25) is 0 Å². The third-order valence-corrected chi connectivity index (χ3v) is 5.98. The van der Waals surface area contributed by atoms with Crippen LogP contribution in [0.4, 0.5) is 0 Å². The molecule has 2 nitrogen and oxygen atoms in total. The second kappa shape index (κ2) is 5.67. The smallest absolute Gasteiger partial charge is 0.104 e. The van der Waals surface area contributed by atoms with Crippen molar-refractivity contribution in [2.75, 3.05) is 0 Å². The van der Waals surface area contributed by atoms with E-state index < -0.39 is 8.07 Å². The monoisotopic (exact) mass is 218 g/mol. The van der Waals surface area contributed by atoms with Gasteiger partial charge in [0.25, 0.3) is 0 Å². The van der Waals surface area contributed by atoms with Gasteiger partial charge in [-0.1, -0.05) is 31.6 Å². The molecule has 0 fully saturated rings. The Morgan fingerprint density at radius 3 is 2.73 bits per heavy atom. The van der Waals surface area contributed by atoms with Gasteiger partial charge in [0.05, 0.1) is 6.07 Å². The minimum Gasteiger partial charge on any atom is -0.266 e. The molecule has 0 unspecified atom stereocenters. The first-order chi connectivity index (χ1) is 7.17. The number of aromatic nitrogens is 1. The lowest BCUT2D eigenvalue weighted by Gasteiger charge is -2.21. The molecular formula is C12H18N2Si. The summed E-state index contributed by atoms with van der Waals surface area (Å²) < 4.78 is 0. The third-order valence-electron chi connectivity index (χ3n) is 2.70. The average molecular weight is 218 g/mol. The highest BCUT2D eigenvalue weighted by atomic mass is 28.3. The first-order valence-corrected chi connectivity index (χ1v) is 8.66. The predicted octanol–water partition coefficient (Wildman–Crippen LogP) is 2.69. The molecule has 0 aliphatic rings. The lowest BCUT2D eigenvalue weighted by molar-refractivity contribution is 0.811. The van der Waals surface area contributed by atoms with Crippen molar-refractivity contribution < 1.29 is 0 Å². The second-order valence-electron chi connectivity index (χ2n) is 4.46. The average Bonchev–Trinajstić information content (AvgIpc) is 2.26. The van der Waals surface area contributed by atoms with Gasteiger partial charge in [-0.3, -0.25) is 4.98 Å². The van der Waals surface area contributed by atoms with Crippen LogP contribution in [0.25, 0.3) is 0 Å². The maximum absolute atomic E-state index is 8.46. The molecule has 1 aromatic heterocycles. The number of hydrogen-bond donors (Lipinski definition) is 0. The SMILES string of the molecule is C[Si](C)(CCCCC#N)c1ccccn1. The summed E-state index contributed by atoms with van der Waals surface area (Å²) in [6, 6.07) is 9.58. The predicted molar refractivity (Wildman–Crippen MR) is 65.6 cm³/mol. The maximum Gasteiger partial charge on any atom is 0.104 e. The van der Waals surface area contributed by atoms with Crippen molar-refractivity contribution in [3.63, 3.8) is 0 Å². The molecule has 0 bridgehead atoms. The van der Waals surface area contributed by atoms with Crippen LogP contribution in [0.2, 0.25) is 19.1 Å². The topological polar surface area (TPSA) is 36.7 Å². The number of hydrogen-bond acceptors (Lipinski definition) is 2. The third kappa shape index (κ3) is 3.84. The van der Waals surface area contributed by atoms with E-state index >= 15 is 0 Å². The minimum absolute atomic E-state index is 0.687. The van der Waals surface area contributed by atoms with Crippen molar-refractivity contribution in [3.8, 4) is 6.07 Å². The van der Waals surface area contributed by atoms with E-state index in [1.807, 2.05) is 12.3 Å². The molecule has 15 heavy (non-hydrogen) atoms. The number of pyridine rings is 1. The zero-order valence-corrected chi connectivity index (χ0v) is 10.5. The Kier molecular flexibility index (Phi) is 4.51. The van der Waals surface area contributed by atoms with Gasteiger partial charge in [-0.2, -0.15) is 5.26 Å². The van der Waals surface area contributed by atoms with Crippen LogP contribution in [-0.4, -0.2) is 13.1 Å². The molecule has 0 N–H and O–H groups in total. The Balaban J connectivity index is 2.49. The summed E-state index contributed by atoms with van der Waals surface area (Å²) in [4.78, 5) is 4.45. The Morgan fingerprint density at radius 1 is 1.33 bits per heavy atom. The van der Waals surface area contributed by atoms with E-state index in [9.17, 15) is 0 Å². The van der Waals surface area contributed by atoms with Crippen molar-refractivity contribution in [2.24, 2.45) is 0 Å². The quantitative estimate of drug-likeness (QED) is 0.563. The summed E-state index contributed by atoms with van der Waals surface area (Å²) in [7, 11) is -1.35. The van der Waals surface area contributed by atoms with E-state index in [-0.39, 0.29) is 0 Å². The molecule has 0 aromatic carbocycles. The summed E-state index contributed by atoms with van der Waals surface area (Å²) in [5, 5.41) is 9.74. The summed E-state index contributed by atoms with van der Waals surface area (Å²) in [6.45, 7) is 4.70. The molecule has 1 heterocycles. The fraction of sp³-hybridized carbons (Fsp3) is 0.500. The van der Waals surface area contributed by atoms with Crippen LogP contribution in [0, 0.1) is 11.3 Å². The zero-order chi connectivity index (χ0) is 11.1. The number of rotatable bonds is 5. The molecule has 80 valence electrons. The Morgan fingerprint density at radius 2 is 2.13 bits per heavy atom. The molecule has 0 radical (unpaired) electrons. The number of unbranched alkanes of at least 4 members (excludes halogenated alkanes) is 2. The van der Waals surface area contributed by atoms with E-state index in [0.29, 0.717) is 6.42 Å². The zero-order valence-electron chi connectivity index (χ0n) is 9.53. The largest absolute Gasteiger partial charge is 0.266 e. The highest BCUT2D eigenvalue weighted by Gasteiger charge is 2.23. The van der Waals surface area contributed by atoms with Crippen molar-refractivity contribution in [1.29, 1.82) is 5.26 Å². The molecule has 0 aliphatic carbocycles. The Labute approximate surface area is 93.0 Å². The molecule has 0 spiro atoms. The number of nitriles is 1. The molecule has 0 amide bonds. The van der Waals surface area contributed by atoms with Gasteiger partial charge in [-0.05, 0) is 18.6 Å². The lowest BCUT2D eigenvalue weighted by atomic mass is 10.3. The van der Waals surface area contributed by atoms with Crippen LogP contribution in [0.1, 0.15) is 19.3 Å². The van der Waals surface area contributed by atoms with Gasteiger partial charge < -0.3 is 0 Å². The van der Waals surface area contributed by atoms with Gasteiger partial charge in [0, 0.05) is 17.9 Å². The minimum atomic E-state index is -1.35. The molecule has 0 atom stereocenters. The van der Waals surface area contributed by atoms with Crippen LogP contribution in [0.15, 0.2) is 24.4 Å². The highest BCUT2D eigenvalue weighted by molar-refractivity contribution is 6.89. The normalized spacial score (nSPS) is 11.0. The first-order valence-electron chi connectivity index (χ1n) is 5.45. The van der Waals surface area contributed by atoms with Gasteiger partial charge in [0.15, 0.2) is 0 Å². The summed E-state index contributed by atoms with van der Waals surface area (Å²) in [6.07, 6.45) is 4.75. The molecule has 1 rings (SSSR count). The van der Waals surface area contributed by atoms with Crippen LogP contribution >= 0.6 is 0 Å². The highest BCUT2D eigenvalue weighted by Crippen LogP contribution is 2.13. The van der Waals surface area contributed by atoms with Crippen LogP contribution in [0.3, 0.4) is 0 Å². The van der Waals surface area contributed by atoms with E-state index in [1.54, 1.807) is 0 Å². The van der Waals surface area contributed by atoms with Gasteiger partial charge >= 0.3 is 0 Å². The van der Waals surface area contributed by atoms with Gasteiger partial charge in [-0.15, -0.1) is 0 Å². The summed E-state index contributed by atoms with van der Waals surface area (Å²) in [5.41, 5.74) is 0. The van der Waals surface area contributed by atoms with Crippen LogP contribution in [-0.2, 0) is 0 Å². The van der Waals surface area contributed by atoms with Gasteiger partial charge in [0.1, 0.15) is 8.07 Å². The maximum atomic E-state index is 8.46. The molecule has 0 saturated carbocycles. The van der Waals surface area contributed by atoms with Crippen LogP contribution in [0.5, 0.6) is 0 Å². The lowest BCUT2D eigenvalue weighted by Crippen LogP contribution is -2.42. The van der Waals surface area contributed by atoms with Crippen molar-refractivity contribution >= 4 is 13.4 Å². The molecule has 3 heteroatoms.